The van der Waals surface area contributed by atoms with E-state index in [1.165, 1.54) is 8.29 Å². The Morgan fingerprint density at radius 3 is 1.93 bits per heavy atom. The van der Waals surface area contributed by atoms with Crippen molar-refractivity contribution in [3.63, 3.8) is 0 Å². The first-order valence-corrected chi connectivity index (χ1v) is 6.71. The van der Waals surface area contributed by atoms with Gasteiger partial charge < -0.3 is 0 Å². The van der Waals surface area contributed by atoms with Gasteiger partial charge in [-0.3, -0.25) is 0 Å². The van der Waals surface area contributed by atoms with Gasteiger partial charge in [-0.25, -0.2) is 0 Å². The predicted octanol–water partition coefficient (Wildman–Crippen LogP) is -0.348. The summed E-state index contributed by atoms with van der Waals surface area (Å²) in [6.07, 6.45) is 8.61. The van der Waals surface area contributed by atoms with Crippen LogP contribution in [0.1, 0.15) is 0 Å². The first-order chi connectivity index (χ1) is 6.75. The van der Waals surface area contributed by atoms with E-state index < -0.39 is 0 Å². The van der Waals surface area contributed by atoms with Crippen molar-refractivity contribution in [2.24, 2.45) is 0 Å². The number of rotatable bonds is 0. The molecule has 0 radical (unpaired) electrons. The fourth-order valence-electron chi connectivity index (χ4n) is 1.63. The van der Waals surface area contributed by atoms with Crippen molar-refractivity contribution in [3.05, 3.63) is 24.8 Å². The van der Waals surface area contributed by atoms with Crippen LogP contribution in [0.25, 0.3) is 0 Å². The van der Waals surface area contributed by atoms with Crippen LogP contribution in [0.2, 0.25) is 0 Å². The van der Waals surface area contributed by atoms with Crippen LogP contribution in [0.5, 0.6) is 0 Å². The van der Waals surface area contributed by atoms with E-state index >= 15 is 0 Å². The summed E-state index contributed by atoms with van der Waals surface area (Å²) in [5.74, 6) is 0. The summed E-state index contributed by atoms with van der Waals surface area (Å²) in [6, 6.07) is 0. The van der Waals surface area contributed by atoms with E-state index in [-0.39, 0.29) is 17.6 Å². The summed E-state index contributed by atoms with van der Waals surface area (Å²) in [7, 11) is 4.26. The molecule has 3 aliphatic rings. The number of hydrogen-bond donors (Lipinski definition) is 0. The molecule has 0 amide bonds. The molecule has 3 rings (SSSR count). The van der Waals surface area contributed by atoms with Crippen molar-refractivity contribution >= 4 is 8.29 Å². The van der Waals surface area contributed by atoms with Gasteiger partial charge in [-0.05, 0) is 0 Å². The Morgan fingerprint density at radius 2 is 1.43 bits per heavy atom. The number of fused-ring (bicyclic) bond motifs is 2. The molecule has 0 atom stereocenters. The second-order valence-corrected chi connectivity index (χ2v) is 6.06. The molecule has 0 spiro atoms. The van der Waals surface area contributed by atoms with Gasteiger partial charge in [-0.1, -0.05) is 0 Å². The third-order valence-corrected chi connectivity index (χ3v) is 6.29. The van der Waals surface area contributed by atoms with Crippen LogP contribution in [-0.4, -0.2) is 48.7 Å². The van der Waals surface area contributed by atoms with E-state index in [1.807, 2.05) is 0 Å². The van der Waals surface area contributed by atoms with Crippen LogP contribution in [-0.2, 0) is 17.6 Å². The van der Waals surface area contributed by atoms with Gasteiger partial charge in [0.05, 0.1) is 0 Å². The van der Waals surface area contributed by atoms with E-state index in [0.29, 0.717) is 0 Å². The Balaban J connectivity index is 2.11. The first-order valence-electron chi connectivity index (χ1n) is 4.44. The molecule has 0 unspecified atom stereocenters. The van der Waals surface area contributed by atoms with Gasteiger partial charge in [0.25, 0.3) is 0 Å². The van der Waals surface area contributed by atoms with Gasteiger partial charge in [0.1, 0.15) is 0 Å². The second-order valence-electron chi connectivity index (χ2n) is 3.46. The van der Waals surface area contributed by atoms with Crippen LogP contribution in [0.15, 0.2) is 24.8 Å². The standard InChI is InChI=1S/C9H12N4.Pt/c1-10-3-5-12(7-10)9-13-6-4-11(2)8-13;/h3-6H,9H2,1-2H3;. The molecule has 3 aliphatic heterocycles. The molecule has 78 valence electrons. The molecule has 0 N–H and O–H groups in total. The molecule has 14 heavy (non-hydrogen) atoms. The van der Waals surface area contributed by atoms with Gasteiger partial charge in [0.15, 0.2) is 0 Å². The normalized spacial score (nSPS) is 24.4. The molecule has 0 saturated carbocycles. The minimum atomic E-state index is -0.0517. The second kappa shape index (κ2) is 2.80. The summed E-state index contributed by atoms with van der Waals surface area (Å²) < 4.78 is 2.96. The Kier molecular flexibility index (Phi) is 1.68. The molecule has 0 bridgehead atoms. The summed E-state index contributed by atoms with van der Waals surface area (Å²) in [5.41, 5.74) is 0. The van der Waals surface area contributed by atoms with Crippen LogP contribution >= 0.6 is 0 Å². The number of hydrogen-bond acceptors (Lipinski definition) is 4. The van der Waals surface area contributed by atoms with Crippen molar-refractivity contribution in [2.75, 3.05) is 20.8 Å². The topological polar surface area (TPSA) is 13.0 Å². The van der Waals surface area contributed by atoms with Gasteiger partial charge in [-0.2, -0.15) is 0 Å². The molecule has 5 heteroatoms. The molecule has 0 aromatic carbocycles. The van der Waals surface area contributed by atoms with Gasteiger partial charge in [-0.15, -0.1) is 0 Å². The molecule has 4 nitrogen and oxygen atoms in total. The molecular formula is C9H12N4Pt. The maximum atomic E-state index is 2.33. The monoisotopic (exact) mass is 371 g/mol. The molecule has 0 fully saturated rings. The summed E-state index contributed by atoms with van der Waals surface area (Å²) >= 11 is -0.0517. The van der Waals surface area contributed by atoms with Crippen LogP contribution in [0.4, 0.5) is 0 Å². The van der Waals surface area contributed by atoms with Crippen LogP contribution in [0.3, 0.4) is 0 Å². The van der Waals surface area contributed by atoms with Crippen LogP contribution < -0.4 is 0 Å². The van der Waals surface area contributed by atoms with Crippen LogP contribution in [0, 0.1) is 0 Å². The Hall–Kier alpha value is -0.892. The molecule has 0 aromatic rings. The maximum absolute atomic E-state index is 2.33. The average Bonchev–Trinajstić information content (AvgIpc) is 2.71. The SMILES string of the molecule is CN1C=CN2CN3C=CN(C)[C]3=[Pt]=[C]12. The van der Waals surface area contributed by atoms with E-state index in [9.17, 15) is 0 Å². The molecule has 3 heterocycles. The Labute approximate surface area is 91.2 Å². The fourth-order valence-corrected chi connectivity index (χ4v) is 4.53. The molecule has 0 aromatic heterocycles. The quantitative estimate of drug-likeness (QED) is 0.577. The molecular weight excluding hydrogens is 359 g/mol. The zero-order valence-electron chi connectivity index (χ0n) is 8.12. The van der Waals surface area contributed by atoms with Gasteiger partial charge >= 0.3 is 91.1 Å². The third kappa shape index (κ3) is 1.04. The van der Waals surface area contributed by atoms with Crippen molar-refractivity contribution in [1.82, 2.24) is 19.6 Å². The molecule has 0 aliphatic carbocycles. The molecule has 0 saturated heterocycles. The zero-order valence-corrected chi connectivity index (χ0v) is 10.4. The van der Waals surface area contributed by atoms with E-state index in [4.69, 9.17) is 0 Å². The van der Waals surface area contributed by atoms with Gasteiger partial charge in [0, 0.05) is 0 Å². The Bertz CT molecular complexity index is 371. The Morgan fingerprint density at radius 1 is 0.929 bits per heavy atom. The van der Waals surface area contributed by atoms with E-state index in [1.54, 1.807) is 0 Å². The predicted molar refractivity (Wildman–Crippen MR) is 52.4 cm³/mol. The summed E-state index contributed by atoms with van der Waals surface area (Å²) in [5, 5.41) is 0. The third-order valence-electron chi connectivity index (χ3n) is 2.36. The summed E-state index contributed by atoms with van der Waals surface area (Å²) in [6.45, 7) is 0.965. The van der Waals surface area contributed by atoms with Crippen molar-refractivity contribution in [2.45, 2.75) is 0 Å². The van der Waals surface area contributed by atoms with Crippen molar-refractivity contribution in [3.8, 4) is 0 Å². The fraction of sp³-hybridized carbons (Fsp3) is 0.333. The van der Waals surface area contributed by atoms with E-state index in [2.05, 4.69) is 58.5 Å². The first kappa shape index (κ1) is 8.42. The minimum absolute atomic E-state index is 0.0517. The number of nitrogens with zero attached hydrogens (tertiary/aromatic N) is 4. The van der Waals surface area contributed by atoms with E-state index in [0.717, 1.165) is 6.67 Å². The zero-order chi connectivity index (χ0) is 9.71. The van der Waals surface area contributed by atoms with Crippen molar-refractivity contribution < 1.29 is 17.6 Å². The van der Waals surface area contributed by atoms with Gasteiger partial charge in [0.2, 0.25) is 0 Å². The summed E-state index contributed by atoms with van der Waals surface area (Å²) in [4.78, 5) is 9.15. The average molecular weight is 371 g/mol. The van der Waals surface area contributed by atoms with Crippen molar-refractivity contribution in [1.29, 1.82) is 0 Å².